The van der Waals surface area contributed by atoms with Gasteiger partial charge in [0.05, 0.1) is 5.02 Å². The summed E-state index contributed by atoms with van der Waals surface area (Å²) in [5, 5.41) is 12.4. The predicted octanol–water partition coefficient (Wildman–Crippen LogP) is 4.26. The lowest BCUT2D eigenvalue weighted by atomic mass is 10.1. The van der Waals surface area contributed by atoms with Crippen molar-refractivity contribution in [1.29, 1.82) is 0 Å². The van der Waals surface area contributed by atoms with E-state index in [2.05, 4.69) is 10.3 Å². The van der Waals surface area contributed by atoms with Gasteiger partial charge in [-0.1, -0.05) is 53.5 Å². The zero-order chi connectivity index (χ0) is 14.7. The molecular weight excluding hydrogens is 299 g/mol. The number of halogens is 2. The van der Waals surface area contributed by atoms with Crippen LogP contribution in [-0.4, -0.2) is 16.1 Å². The Morgan fingerprint density at radius 1 is 1.30 bits per heavy atom. The van der Waals surface area contributed by atoms with Gasteiger partial charge in [-0.2, -0.15) is 0 Å². The third-order valence-electron chi connectivity index (χ3n) is 2.81. The number of pyridine rings is 1. The average Bonchev–Trinajstić information content (AvgIpc) is 2.38. The third-order valence-corrected chi connectivity index (χ3v) is 3.30. The number of aromatic carboxylic acids is 1. The Bertz CT molecular complexity index is 633. The number of hydrogen-bond donors (Lipinski definition) is 2. The fourth-order valence-electron chi connectivity index (χ4n) is 1.82. The van der Waals surface area contributed by atoms with Gasteiger partial charge in [0.15, 0.2) is 0 Å². The largest absolute Gasteiger partial charge is 0.478 e. The number of carboxylic acid groups (broad SMARTS) is 1. The van der Waals surface area contributed by atoms with Gasteiger partial charge in [-0.15, -0.1) is 0 Å². The van der Waals surface area contributed by atoms with E-state index in [1.807, 2.05) is 37.3 Å². The number of aromatic nitrogens is 1. The molecule has 1 aromatic carbocycles. The number of carboxylic acids is 1. The van der Waals surface area contributed by atoms with Gasteiger partial charge < -0.3 is 10.4 Å². The van der Waals surface area contributed by atoms with Crippen LogP contribution in [0.5, 0.6) is 0 Å². The van der Waals surface area contributed by atoms with E-state index < -0.39 is 5.97 Å². The molecule has 0 aliphatic heterocycles. The summed E-state index contributed by atoms with van der Waals surface area (Å²) >= 11 is 11.7. The number of benzene rings is 1. The molecule has 0 saturated heterocycles. The Morgan fingerprint density at radius 2 is 1.95 bits per heavy atom. The molecule has 2 N–H and O–H groups in total. The van der Waals surface area contributed by atoms with Crippen molar-refractivity contribution in [3.8, 4) is 0 Å². The molecule has 0 unspecified atom stereocenters. The molecule has 20 heavy (non-hydrogen) atoms. The summed E-state index contributed by atoms with van der Waals surface area (Å²) < 4.78 is 0. The second-order valence-corrected chi connectivity index (χ2v) is 5.03. The first kappa shape index (κ1) is 14.6. The molecule has 0 aliphatic carbocycles. The average molecular weight is 311 g/mol. The Balaban J connectivity index is 2.36. The van der Waals surface area contributed by atoms with Crippen LogP contribution in [0, 0.1) is 0 Å². The Kier molecular flexibility index (Phi) is 4.47. The normalized spacial score (nSPS) is 11.9. The van der Waals surface area contributed by atoms with Crippen LogP contribution in [0.25, 0.3) is 0 Å². The zero-order valence-corrected chi connectivity index (χ0v) is 12.1. The van der Waals surface area contributed by atoms with Crippen LogP contribution in [0.4, 0.5) is 5.82 Å². The molecule has 104 valence electrons. The number of carbonyl (C=O) groups is 1. The number of rotatable bonds is 4. The number of nitrogens with one attached hydrogen (secondary N) is 1. The molecule has 1 heterocycles. The van der Waals surface area contributed by atoms with Crippen molar-refractivity contribution < 1.29 is 9.90 Å². The quantitative estimate of drug-likeness (QED) is 0.828. The second kappa shape index (κ2) is 6.11. The molecule has 0 bridgehead atoms. The van der Waals surface area contributed by atoms with Crippen molar-refractivity contribution in [3.05, 3.63) is 57.7 Å². The molecule has 0 saturated carbocycles. The fraction of sp³-hybridized carbons (Fsp3) is 0.143. The van der Waals surface area contributed by atoms with Gasteiger partial charge in [-0.25, -0.2) is 9.78 Å². The Morgan fingerprint density at radius 3 is 2.55 bits per heavy atom. The molecule has 1 atom stereocenters. The maximum absolute atomic E-state index is 11.3. The molecule has 0 amide bonds. The summed E-state index contributed by atoms with van der Waals surface area (Å²) in [6.45, 7) is 1.90. The first-order valence-electron chi connectivity index (χ1n) is 5.90. The van der Waals surface area contributed by atoms with Crippen LogP contribution >= 0.6 is 23.2 Å². The molecule has 2 aromatic rings. The van der Waals surface area contributed by atoms with Gasteiger partial charge in [0, 0.05) is 6.04 Å². The minimum atomic E-state index is -1.15. The van der Waals surface area contributed by atoms with Gasteiger partial charge in [0.1, 0.15) is 16.5 Å². The van der Waals surface area contributed by atoms with Crippen LogP contribution in [0.1, 0.15) is 28.9 Å². The molecular formula is C14H12Cl2N2O2. The zero-order valence-electron chi connectivity index (χ0n) is 10.6. The van der Waals surface area contributed by atoms with E-state index in [1.165, 1.54) is 6.07 Å². The minimum absolute atomic E-state index is 0.0558. The van der Waals surface area contributed by atoms with Crippen LogP contribution in [-0.2, 0) is 0 Å². The van der Waals surface area contributed by atoms with Gasteiger partial charge in [0.2, 0.25) is 0 Å². The summed E-state index contributed by atoms with van der Waals surface area (Å²) in [5.41, 5.74) is 0.917. The molecule has 2 rings (SSSR count). The van der Waals surface area contributed by atoms with Crippen LogP contribution in [0.15, 0.2) is 36.4 Å². The standard InChI is InChI=1S/C14H12Cl2N2O2/c1-8(9-5-3-2-4-6-9)17-13-12(14(19)20)10(15)7-11(16)18-13/h2-8H,1H3,(H,17,18)(H,19,20)/t8-/m0/s1. The Labute approximate surface area is 126 Å². The summed E-state index contributed by atoms with van der Waals surface area (Å²) in [4.78, 5) is 15.3. The smallest absolute Gasteiger partial charge is 0.341 e. The van der Waals surface area contributed by atoms with E-state index in [9.17, 15) is 9.90 Å². The summed E-state index contributed by atoms with van der Waals surface area (Å²) in [7, 11) is 0. The number of hydrogen-bond acceptors (Lipinski definition) is 3. The molecule has 0 spiro atoms. The van der Waals surface area contributed by atoms with Crippen molar-refractivity contribution in [2.24, 2.45) is 0 Å². The minimum Gasteiger partial charge on any atom is -0.478 e. The molecule has 4 nitrogen and oxygen atoms in total. The van der Waals surface area contributed by atoms with E-state index in [1.54, 1.807) is 0 Å². The van der Waals surface area contributed by atoms with Gasteiger partial charge in [-0.3, -0.25) is 0 Å². The van der Waals surface area contributed by atoms with Crippen molar-refractivity contribution >= 4 is 35.0 Å². The highest BCUT2D eigenvalue weighted by atomic mass is 35.5. The van der Waals surface area contributed by atoms with E-state index in [0.717, 1.165) is 5.56 Å². The lowest BCUT2D eigenvalue weighted by molar-refractivity contribution is 0.0697. The maximum Gasteiger partial charge on any atom is 0.341 e. The lowest BCUT2D eigenvalue weighted by Gasteiger charge is -2.17. The molecule has 0 fully saturated rings. The highest BCUT2D eigenvalue weighted by molar-refractivity contribution is 6.36. The van der Waals surface area contributed by atoms with Gasteiger partial charge >= 0.3 is 5.97 Å². The van der Waals surface area contributed by atoms with Crippen molar-refractivity contribution in [2.45, 2.75) is 13.0 Å². The predicted molar refractivity (Wildman–Crippen MR) is 79.7 cm³/mol. The van der Waals surface area contributed by atoms with Gasteiger partial charge in [-0.05, 0) is 18.6 Å². The highest BCUT2D eigenvalue weighted by Crippen LogP contribution is 2.28. The van der Waals surface area contributed by atoms with Crippen molar-refractivity contribution in [2.75, 3.05) is 5.32 Å². The lowest BCUT2D eigenvalue weighted by Crippen LogP contribution is -2.13. The first-order chi connectivity index (χ1) is 9.49. The van der Waals surface area contributed by atoms with Crippen molar-refractivity contribution in [3.63, 3.8) is 0 Å². The Hall–Kier alpha value is -1.78. The van der Waals surface area contributed by atoms with Crippen LogP contribution in [0.2, 0.25) is 10.2 Å². The summed E-state index contributed by atoms with van der Waals surface area (Å²) in [6.07, 6.45) is 0. The van der Waals surface area contributed by atoms with E-state index in [0.29, 0.717) is 0 Å². The number of nitrogens with zero attached hydrogens (tertiary/aromatic N) is 1. The van der Waals surface area contributed by atoms with Crippen molar-refractivity contribution in [1.82, 2.24) is 4.98 Å². The van der Waals surface area contributed by atoms with E-state index in [4.69, 9.17) is 23.2 Å². The number of anilines is 1. The van der Waals surface area contributed by atoms with Crippen LogP contribution in [0.3, 0.4) is 0 Å². The molecule has 0 radical (unpaired) electrons. The van der Waals surface area contributed by atoms with Gasteiger partial charge in [0.25, 0.3) is 0 Å². The third kappa shape index (κ3) is 3.21. The topological polar surface area (TPSA) is 62.2 Å². The SMILES string of the molecule is C[C@H](Nc1nc(Cl)cc(Cl)c1C(=O)O)c1ccccc1. The monoisotopic (exact) mass is 310 g/mol. The van der Waals surface area contributed by atoms with E-state index in [-0.39, 0.29) is 27.6 Å². The van der Waals surface area contributed by atoms with Crippen LogP contribution < -0.4 is 5.32 Å². The van der Waals surface area contributed by atoms with E-state index >= 15 is 0 Å². The summed E-state index contributed by atoms with van der Waals surface area (Å²) in [6, 6.07) is 10.8. The first-order valence-corrected chi connectivity index (χ1v) is 6.65. The molecule has 1 aromatic heterocycles. The molecule has 0 aliphatic rings. The fourth-order valence-corrected chi connectivity index (χ4v) is 2.35. The second-order valence-electron chi connectivity index (χ2n) is 4.23. The maximum atomic E-state index is 11.3. The molecule has 6 heteroatoms. The summed E-state index contributed by atoms with van der Waals surface area (Å²) in [5.74, 6) is -0.992. The highest BCUT2D eigenvalue weighted by Gasteiger charge is 2.19.